The zero-order chi connectivity index (χ0) is 14.9. The Morgan fingerprint density at radius 1 is 1.29 bits per heavy atom. The van der Waals surface area contributed by atoms with Crippen LogP contribution >= 0.6 is 0 Å². The molecule has 120 valence electrons. The number of aliphatic carboxylic acids is 1. The van der Waals surface area contributed by atoms with Crippen molar-refractivity contribution in [3.8, 4) is 0 Å². The lowest BCUT2D eigenvalue weighted by atomic mass is 9.64. The Bertz CT molecular complexity index is 375. The molecule has 4 heteroatoms. The predicted octanol–water partition coefficient (Wildman–Crippen LogP) is 3.10. The summed E-state index contributed by atoms with van der Waals surface area (Å²) in [5, 5.41) is 9.60. The van der Waals surface area contributed by atoms with Gasteiger partial charge in [-0.1, -0.05) is 13.3 Å². The fourth-order valence-electron chi connectivity index (χ4n) is 4.79. The van der Waals surface area contributed by atoms with Crippen LogP contribution < -0.4 is 0 Å². The summed E-state index contributed by atoms with van der Waals surface area (Å²) in [6.45, 7) is 4.50. The van der Waals surface area contributed by atoms with E-state index < -0.39 is 5.97 Å². The van der Waals surface area contributed by atoms with E-state index in [2.05, 4.69) is 6.92 Å². The normalized spacial score (nSPS) is 44.0. The van der Waals surface area contributed by atoms with Crippen molar-refractivity contribution in [1.82, 2.24) is 0 Å². The second-order valence-corrected chi connectivity index (χ2v) is 7.28. The topological polar surface area (TPSA) is 55.8 Å². The highest BCUT2D eigenvalue weighted by atomic mass is 16.6. The van der Waals surface area contributed by atoms with Crippen LogP contribution in [0.25, 0.3) is 0 Å². The molecule has 5 unspecified atom stereocenters. The lowest BCUT2D eigenvalue weighted by molar-refractivity contribution is -0.151. The maximum Gasteiger partial charge on any atom is 0.306 e. The molecule has 4 nitrogen and oxygen atoms in total. The van der Waals surface area contributed by atoms with Gasteiger partial charge in [-0.05, 0) is 49.9 Å². The molecule has 3 fully saturated rings. The molecule has 3 aliphatic rings. The average Bonchev–Trinajstić information content (AvgIpc) is 2.94. The molecule has 21 heavy (non-hydrogen) atoms. The molecule has 2 aliphatic heterocycles. The molecule has 3 rings (SSSR count). The van der Waals surface area contributed by atoms with Crippen molar-refractivity contribution >= 4 is 5.97 Å². The van der Waals surface area contributed by atoms with Crippen LogP contribution in [0.3, 0.4) is 0 Å². The largest absolute Gasteiger partial charge is 0.481 e. The average molecular weight is 296 g/mol. The van der Waals surface area contributed by atoms with E-state index >= 15 is 0 Å². The van der Waals surface area contributed by atoms with Crippen molar-refractivity contribution in [2.45, 2.75) is 57.5 Å². The Morgan fingerprint density at radius 3 is 2.81 bits per heavy atom. The number of hydrogen-bond donors (Lipinski definition) is 1. The summed E-state index contributed by atoms with van der Waals surface area (Å²) in [4.78, 5) is 11.7. The van der Waals surface area contributed by atoms with Gasteiger partial charge >= 0.3 is 5.97 Å². The Morgan fingerprint density at radius 2 is 2.14 bits per heavy atom. The van der Waals surface area contributed by atoms with Crippen LogP contribution in [0, 0.1) is 23.7 Å². The van der Waals surface area contributed by atoms with E-state index in [1.165, 1.54) is 6.42 Å². The molecule has 0 amide bonds. The summed E-state index contributed by atoms with van der Waals surface area (Å²) >= 11 is 0. The third kappa shape index (κ3) is 3.11. The number of carbonyl (C=O) groups is 1. The van der Waals surface area contributed by atoms with E-state index in [1.54, 1.807) is 0 Å². The van der Waals surface area contributed by atoms with Crippen molar-refractivity contribution in [2.75, 3.05) is 19.8 Å². The molecular weight excluding hydrogens is 268 g/mol. The van der Waals surface area contributed by atoms with E-state index in [-0.39, 0.29) is 11.5 Å². The summed E-state index contributed by atoms with van der Waals surface area (Å²) < 4.78 is 11.6. The molecule has 5 atom stereocenters. The van der Waals surface area contributed by atoms with E-state index in [4.69, 9.17) is 9.47 Å². The monoisotopic (exact) mass is 296 g/mol. The molecule has 0 radical (unpaired) electrons. The van der Waals surface area contributed by atoms with Gasteiger partial charge in [-0.2, -0.15) is 0 Å². The van der Waals surface area contributed by atoms with Gasteiger partial charge in [-0.3, -0.25) is 4.79 Å². The maximum atomic E-state index is 11.7. The second kappa shape index (κ2) is 6.25. The first kappa shape index (κ1) is 15.3. The summed E-state index contributed by atoms with van der Waals surface area (Å²) in [5.41, 5.74) is -0.106. The molecular formula is C17H28O4. The summed E-state index contributed by atoms with van der Waals surface area (Å²) in [6.07, 6.45) is 7.21. The smallest absolute Gasteiger partial charge is 0.306 e. The summed E-state index contributed by atoms with van der Waals surface area (Å²) in [7, 11) is 0. The van der Waals surface area contributed by atoms with Gasteiger partial charge in [-0.15, -0.1) is 0 Å². The minimum Gasteiger partial charge on any atom is -0.481 e. The molecule has 0 aromatic rings. The fraction of sp³-hybridized carbons (Fsp3) is 0.941. The molecule has 2 heterocycles. The van der Waals surface area contributed by atoms with Gasteiger partial charge in [0.05, 0.1) is 18.1 Å². The number of rotatable bonds is 3. The highest BCUT2D eigenvalue weighted by Crippen LogP contribution is 2.46. The van der Waals surface area contributed by atoms with Crippen molar-refractivity contribution in [1.29, 1.82) is 0 Å². The van der Waals surface area contributed by atoms with Crippen molar-refractivity contribution in [3.63, 3.8) is 0 Å². The zero-order valence-electron chi connectivity index (χ0n) is 13.1. The van der Waals surface area contributed by atoms with E-state index in [9.17, 15) is 9.90 Å². The molecule has 2 saturated heterocycles. The standard InChI is InChI=1S/C17H28O4/c1-2-12-3-4-14(16(18)19)15(9-12)13-5-7-21-17(10-13)6-8-20-11-17/h12-15H,2-11H2,1H3,(H,18,19). The minimum atomic E-state index is -0.585. The Kier molecular flexibility index (Phi) is 4.55. The third-order valence-electron chi connectivity index (χ3n) is 6.11. The Hall–Kier alpha value is -0.610. The first-order valence-corrected chi connectivity index (χ1v) is 8.58. The second-order valence-electron chi connectivity index (χ2n) is 7.28. The molecule has 0 aromatic carbocycles. The Labute approximate surface area is 127 Å². The first-order valence-electron chi connectivity index (χ1n) is 8.58. The van der Waals surface area contributed by atoms with Crippen LogP contribution in [0.2, 0.25) is 0 Å². The van der Waals surface area contributed by atoms with Crippen LogP contribution in [0.4, 0.5) is 0 Å². The molecule has 1 N–H and O–H groups in total. The molecule has 1 spiro atoms. The minimum absolute atomic E-state index is 0.106. The van der Waals surface area contributed by atoms with Gasteiger partial charge < -0.3 is 14.6 Å². The number of hydrogen-bond acceptors (Lipinski definition) is 3. The number of carboxylic acids is 1. The summed E-state index contributed by atoms with van der Waals surface area (Å²) in [6, 6.07) is 0. The van der Waals surface area contributed by atoms with Gasteiger partial charge in [0, 0.05) is 19.6 Å². The van der Waals surface area contributed by atoms with E-state index in [0.29, 0.717) is 24.4 Å². The quantitative estimate of drug-likeness (QED) is 0.869. The van der Waals surface area contributed by atoms with Crippen molar-refractivity contribution < 1.29 is 19.4 Å². The highest BCUT2D eigenvalue weighted by Gasteiger charge is 2.46. The molecule has 1 saturated carbocycles. The van der Waals surface area contributed by atoms with Crippen LogP contribution in [0.1, 0.15) is 51.9 Å². The number of carboxylic acid groups (broad SMARTS) is 1. The van der Waals surface area contributed by atoms with E-state index in [1.807, 2.05) is 0 Å². The highest BCUT2D eigenvalue weighted by molar-refractivity contribution is 5.70. The van der Waals surface area contributed by atoms with Gasteiger partial charge in [0.1, 0.15) is 0 Å². The van der Waals surface area contributed by atoms with E-state index in [0.717, 1.165) is 51.7 Å². The van der Waals surface area contributed by atoms with Gasteiger partial charge in [0.25, 0.3) is 0 Å². The van der Waals surface area contributed by atoms with Gasteiger partial charge in [0.15, 0.2) is 0 Å². The Balaban J connectivity index is 1.73. The third-order valence-corrected chi connectivity index (χ3v) is 6.11. The predicted molar refractivity (Wildman–Crippen MR) is 79.1 cm³/mol. The SMILES string of the molecule is CCC1CCC(C(=O)O)C(C2CCOC3(CCOC3)C2)C1. The van der Waals surface area contributed by atoms with Crippen LogP contribution in [-0.4, -0.2) is 36.5 Å². The van der Waals surface area contributed by atoms with Crippen molar-refractivity contribution in [2.24, 2.45) is 23.7 Å². The lowest BCUT2D eigenvalue weighted by Crippen LogP contribution is -2.45. The van der Waals surface area contributed by atoms with Gasteiger partial charge in [0.2, 0.25) is 0 Å². The summed E-state index contributed by atoms with van der Waals surface area (Å²) in [5.74, 6) is 0.815. The fourth-order valence-corrected chi connectivity index (χ4v) is 4.79. The van der Waals surface area contributed by atoms with Crippen LogP contribution in [-0.2, 0) is 14.3 Å². The van der Waals surface area contributed by atoms with Gasteiger partial charge in [-0.25, -0.2) is 0 Å². The van der Waals surface area contributed by atoms with Crippen LogP contribution in [0.15, 0.2) is 0 Å². The molecule has 0 aromatic heterocycles. The first-order chi connectivity index (χ1) is 10.1. The maximum absolute atomic E-state index is 11.7. The number of ether oxygens (including phenoxy) is 2. The zero-order valence-corrected chi connectivity index (χ0v) is 13.1. The molecule has 1 aliphatic carbocycles. The molecule has 0 bridgehead atoms. The van der Waals surface area contributed by atoms with Crippen molar-refractivity contribution in [3.05, 3.63) is 0 Å². The lowest BCUT2D eigenvalue weighted by Gasteiger charge is -2.44. The van der Waals surface area contributed by atoms with Crippen LogP contribution in [0.5, 0.6) is 0 Å².